The zero-order chi connectivity index (χ0) is 21.5. The number of nitrogens with one attached hydrogen (secondary N) is 1. The predicted molar refractivity (Wildman–Crippen MR) is 124 cm³/mol. The van der Waals surface area contributed by atoms with E-state index >= 15 is 0 Å². The summed E-state index contributed by atoms with van der Waals surface area (Å²) in [4.78, 5) is 30.9. The highest BCUT2D eigenvalue weighted by molar-refractivity contribution is 7.18. The summed E-state index contributed by atoms with van der Waals surface area (Å²) < 4.78 is 1.87. The fraction of sp³-hybridized carbons (Fsp3) is 0.364. The summed E-state index contributed by atoms with van der Waals surface area (Å²) in [6, 6.07) is 3.68. The molecule has 5 heterocycles. The van der Waals surface area contributed by atoms with Crippen molar-refractivity contribution in [1.29, 1.82) is 0 Å². The molecule has 4 aromatic heterocycles. The molecule has 9 heteroatoms. The minimum Gasteiger partial charge on any atom is -0.356 e. The topological polar surface area (TPSA) is 75.4 Å². The summed E-state index contributed by atoms with van der Waals surface area (Å²) in [6.07, 6.45) is 6.97. The molecular weight excluding hydrogens is 432 g/mol. The van der Waals surface area contributed by atoms with Crippen molar-refractivity contribution in [2.45, 2.75) is 33.2 Å². The van der Waals surface area contributed by atoms with E-state index in [1.807, 2.05) is 28.9 Å². The molecule has 1 aliphatic heterocycles. The second-order valence-electron chi connectivity index (χ2n) is 7.98. The molecule has 0 saturated carbocycles. The smallest absolute Gasteiger partial charge is 0.223 e. The number of imidazole rings is 1. The van der Waals surface area contributed by atoms with Gasteiger partial charge in [-0.1, -0.05) is 11.6 Å². The maximum atomic E-state index is 12.7. The summed E-state index contributed by atoms with van der Waals surface area (Å²) in [5, 5.41) is 4.86. The van der Waals surface area contributed by atoms with E-state index in [0.717, 1.165) is 53.3 Å². The number of carbonyl (C=O) groups excluding carboxylic acids is 1. The monoisotopic (exact) mass is 454 g/mol. The van der Waals surface area contributed by atoms with Crippen molar-refractivity contribution in [3.05, 3.63) is 52.0 Å². The molecule has 0 atom stereocenters. The van der Waals surface area contributed by atoms with Crippen LogP contribution in [0.3, 0.4) is 0 Å². The molecule has 160 valence electrons. The van der Waals surface area contributed by atoms with E-state index in [1.165, 1.54) is 10.4 Å². The van der Waals surface area contributed by atoms with Crippen LogP contribution in [-0.4, -0.2) is 38.3 Å². The molecule has 0 aromatic carbocycles. The van der Waals surface area contributed by atoms with E-state index in [4.69, 9.17) is 11.6 Å². The Hall–Kier alpha value is -2.71. The van der Waals surface area contributed by atoms with Gasteiger partial charge in [0.05, 0.1) is 22.6 Å². The number of aromatic nitrogens is 4. The lowest BCUT2D eigenvalue weighted by molar-refractivity contribution is -0.125. The van der Waals surface area contributed by atoms with Crippen LogP contribution in [0.2, 0.25) is 5.02 Å². The number of pyridine rings is 1. The molecule has 1 N–H and O–H groups in total. The molecule has 1 fully saturated rings. The summed E-state index contributed by atoms with van der Waals surface area (Å²) >= 11 is 7.74. The maximum absolute atomic E-state index is 12.7. The molecule has 31 heavy (non-hydrogen) atoms. The van der Waals surface area contributed by atoms with Gasteiger partial charge in [0.25, 0.3) is 0 Å². The Bertz CT molecular complexity index is 1270. The molecule has 7 nitrogen and oxygen atoms in total. The lowest BCUT2D eigenvalue weighted by Gasteiger charge is -2.32. The average molecular weight is 455 g/mol. The van der Waals surface area contributed by atoms with Crippen LogP contribution >= 0.6 is 22.9 Å². The molecule has 0 unspecified atom stereocenters. The minimum atomic E-state index is 0.00496. The second-order valence-corrected chi connectivity index (χ2v) is 9.62. The van der Waals surface area contributed by atoms with Crippen molar-refractivity contribution >= 4 is 50.5 Å². The first kappa shape index (κ1) is 20.2. The molecule has 0 radical (unpaired) electrons. The molecule has 1 amide bonds. The number of fused-ring (bicyclic) bond motifs is 2. The molecule has 1 saturated heterocycles. The van der Waals surface area contributed by atoms with Crippen molar-refractivity contribution in [2.24, 2.45) is 5.92 Å². The number of nitrogens with zero attached hydrogens (tertiary/aromatic N) is 5. The molecule has 0 aliphatic carbocycles. The molecule has 0 spiro atoms. The molecule has 5 rings (SSSR count). The first-order valence-electron chi connectivity index (χ1n) is 10.4. The zero-order valence-electron chi connectivity index (χ0n) is 17.4. The van der Waals surface area contributed by atoms with Crippen LogP contribution in [0.15, 0.2) is 30.9 Å². The number of aryl methyl sites for hydroxylation is 2. The number of halogens is 1. The molecule has 1 aliphatic rings. The van der Waals surface area contributed by atoms with Gasteiger partial charge in [-0.25, -0.2) is 15.0 Å². The van der Waals surface area contributed by atoms with Crippen molar-refractivity contribution in [1.82, 2.24) is 24.7 Å². The highest BCUT2D eigenvalue weighted by Gasteiger charge is 2.27. The third-order valence-corrected chi connectivity index (χ3v) is 7.36. The van der Waals surface area contributed by atoms with E-state index in [0.29, 0.717) is 11.6 Å². The van der Waals surface area contributed by atoms with Crippen LogP contribution in [0.1, 0.15) is 29.0 Å². The van der Waals surface area contributed by atoms with E-state index in [1.54, 1.807) is 17.7 Å². The van der Waals surface area contributed by atoms with Crippen LogP contribution in [0.25, 0.3) is 15.9 Å². The summed E-state index contributed by atoms with van der Waals surface area (Å²) in [7, 11) is 0. The second kappa shape index (κ2) is 8.09. The van der Waals surface area contributed by atoms with Gasteiger partial charge in [0.15, 0.2) is 0 Å². The average Bonchev–Trinajstić information content (AvgIpc) is 3.31. The number of hydrogen-bond acceptors (Lipinski definition) is 6. The summed E-state index contributed by atoms with van der Waals surface area (Å²) in [6.45, 7) is 6.29. The number of carbonyl (C=O) groups is 1. The number of hydrogen-bond donors (Lipinski definition) is 1. The number of piperidine rings is 1. The Morgan fingerprint density at radius 2 is 2.03 bits per heavy atom. The lowest BCUT2D eigenvalue weighted by Crippen LogP contribution is -2.40. The fourth-order valence-electron chi connectivity index (χ4n) is 4.18. The minimum absolute atomic E-state index is 0.00496. The standard InChI is InChI=1S/C22H23ClN6OS/c1-13-14(2)31-22-19(13)20(25-12-26-22)28-7-5-15(6-8-28)21(30)24-9-17-11-29-10-16(23)3-4-18(29)27-17/h3-4,10-12,15H,5-9H2,1-2H3,(H,24,30). The Balaban J connectivity index is 1.22. The Kier molecular flexibility index (Phi) is 5.27. The Morgan fingerprint density at radius 1 is 1.23 bits per heavy atom. The SMILES string of the molecule is Cc1sc2ncnc(N3CCC(C(=O)NCc4cn5cc(Cl)ccc5n4)CC3)c2c1C. The number of amides is 1. The van der Waals surface area contributed by atoms with Crippen molar-refractivity contribution < 1.29 is 4.79 Å². The van der Waals surface area contributed by atoms with Crippen LogP contribution in [0.5, 0.6) is 0 Å². The van der Waals surface area contributed by atoms with E-state index in [2.05, 4.69) is 39.0 Å². The van der Waals surface area contributed by atoms with Gasteiger partial charge < -0.3 is 14.6 Å². The zero-order valence-corrected chi connectivity index (χ0v) is 19.0. The van der Waals surface area contributed by atoms with E-state index < -0.39 is 0 Å². The van der Waals surface area contributed by atoms with E-state index in [9.17, 15) is 4.79 Å². The highest BCUT2D eigenvalue weighted by Crippen LogP contribution is 2.35. The lowest BCUT2D eigenvalue weighted by atomic mass is 9.95. The van der Waals surface area contributed by atoms with Crippen molar-refractivity contribution in [3.8, 4) is 0 Å². The maximum Gasteiger partial charge on any atom is 0.223 e. The van der Waals surface area contributed by atoms with Crippen LogP contribution in [0, 0.1) is 19.8 Å². The number of rotatable bonds is 4. The van der Waals surface area contributed by atoms with Crippen molar-refractivity contribution in [2.75, 3.05) is 18.0 Å². The third kappa shape index (κ3) is 3.85. The van der Waals surface area contributed by atoms with Gasteiger partial charge >= 0.3 is 0 Å². The van der Waals surface area contributed by atoms with Gasteiger partial charge in [-0.05, 0) is 44.4 Å². The van der Waals surface area contributed by atoms with E-state index in [-0.39, 0.29) is 11.8 Å². The molecular formula is C22H23ClN6OS. The van der Waals surface area contributed by atoms with Crippen molar-refractivity contribution in [3.63, 3.8) is 0 Å². The first-order chi connectivity index (χ1) is 15.0. The van der Waals surface area contributed by atoms with Crippen LogP contribution in [0.4, 0.5) is 5.82 Å². The van der Waals surface area contributed by atoms with Gasteiger partial charge in [0.2, 0.25) is 5.91 Å². The molecule has 0 bridgehead atoms. The van der Waals surface area contributed by atoms with Gasteiger partial charge in [-0.2, -0.15) is 0 Å². The summed E-state index contributed by atoms with van der Waals surface area (Å²) in [5.74, 6) is 1.09. The normalized spacial score (nSPS) is 15.1. The van der Waals surface area contributed by atoms with Gasteiger partial charge in [0.1, 0.15) is 22.6 Å². The van der Waals surface area contributed by atoms with Gasteiger partial charge in [0, 0.05) is 36.3 Å². The van der Waals surface area contributed by atoms with Gasteiger partial charge in [-0.3, -0.25) is 4.79 Å². The van der Waals surface area contributed by atoms with Crippen LogP contribution < -0.4 is 10.2 Å². The predicted octanol–water partition coefficient (Wildman–Crippen LogP) is 4.14. The quantitative estimate of drug-likeness (QED) is 0.501. The van der Waals surface area contributed by atoms with Gasteiger partial charge in [-0.15, -0.1) is 11.3 Å². The fourth-order valence-corrected chi connectivity index (χ4v) is 5.34. The van der Waals surface area contributed by atoms with Crippen LogP contribution in [-0.2, 0) is 11.3 Å². The number of thiophene rings is 1. The third-order valence-electron chi connectivity index (χ3n) is 6.02. The number of anilines is 1. The first-order valence-corrected chi connectivity index (χ1v) is 11.6. The Morgan fingerprint density at radius 3 is 2.84 bits per heavy atom. The molecule has 4 aromatic rings. The Labute approximate surface area is 189 Å². The highest BCUT2D eigenvalue weighted by atomic mass is 35.5. The largest absolute Gasteiger partial charge is 0.356 e. The summed E-state index contributed by atoms with van der Waals surface area (Å²) in [5.41, 5.74) is 2.89.